The number of nitrogens with two attached hydrogens (primary N) is 1. The fourth-order valence-corrected chi connectivity index (χ4v) is 2.27. The average Bonchev–Trinajstić information content (AvgIpc) is 2.34. The fraction of sp³-hybridized carbons (Fsp3) is 0.533. The minimum Gasteiger partial charge on any atom is -0.487 e. The molecular formula is C15H23ClN2O2. The Labute approximate surface area is 126 Å². The fourth-order valence-electron chi connectivity index (χ4n) is 2.27. The van der Waals surface area contributed by atoms with Crippen LogP contribution in [0.2, 0.25) is 0 Å². The molecule has 1 aromatic rings. The van der Waals surface area contributed by atoms with E-state index in [-0.39, 0.29) is 30.5 Å². The van der Waals surface area contributed by atoms with E-state index < -0.39 is 0 Å². The Morgan fingerprint density at radius 3 is 2.90 bits per heavy atom. The topological polar surface area (TPSA) is 55.6 Å². The summed E-state index contributed by atoms with van der Waals surface area (Å²) in [6.45, 7) is 6.53. The maximum Gasteiger partial charge on any atom is 0.227 e. The molecule has 2 rings (SSSR count). The van der Waals surface area contributed by atoms with Crippen molar-refractivity contribution in [3.63, 3.8) is 0 Å². The third-order valence-corrected chi connectivity index (χ3v) is 3.29. The van der Waals surface area contributed by atoms with Crippen molar-refractivity contribution >= 4 is 24.0 Å². The highest BCUT2D eigenvalue weighted by molar-refractivity contribution is 5.95. The van der Waals surface area contributed by atoms with Gasteiger partial charge in [-0.1, -0.05) is 6.07 Å². The first kappa shape index (κ1) is 16.8. The summed E-state index contributed by atoms with van der Waals surface area (Å²) in [6.07, 6.45) is 1.22. The van der Waals surface area contributed by atoms with Crippen molar-refractivity contribution in [2.75, 3.05) is 11.4 Å². The molecule has 0 aliphatic carbocycles. The second-order valence-electron chi connectivity index (χ2n) is 5.42. The van der Waals surface area contributed by atoms with Crippen molar-refractivity contribution in [2.45, 2.75) is 45.8 Å². The van der Waals surface area contributed by atoms with Crippen molar-refractivity contribution in [2.24, 2.45) is 5.73 Å². The van der Waals surface area contributed by atoms with Crippen molar-refractivity contribution in [3.05, 3.63) is 23.8 Å². The first-order valence-corrected chi connectivity index (χ1v) is 6.80. The van der Waals surface area contributed by atoms with E-state index in [1.807, 2.05) is 43.9 Å². The molecule has 1 amide bonds. The molecule has 1 heterocycles. The lowest BCUT2D eigenvalue weighted by atomic mass is 10.1. The van der Waals surface area contributed by atoms with Gasteiger partial charge in [0.15, 0.2) is 0 Å². The molecule has 4 nitrogen and oxygen atoms in total. The summed E-state index contributed by atoms with van der Waals surface area (Å²) in [5.41, 5.74) is 7.73. The predicted molar refractivity (Wildman–Crippen MR) is 83.8 cm³/mol. The van der Waals surface area contributed by atoms with Gasteiger partial charge < -0.3 is 15.4 Å². The van der Waals surface area contributed by atoms with Crippen LogP contribution in [0.4, 0.5) is 5.69 Å². The molecule has 1 aliphatic heterocycles. The zero-order chi connectivity index (χ0) is 14.0. The van der Waals surface area contributed by atoms with E-state index in [1.54, 1.807) is 0 Å². The zero-order valence-electron chi connectivity index (χ0n) is 12.3. The Balaban J connectivity index is 0.00000200. The normalized spacial score (nSPS) is 18.6. The third kappa shape index (κ3) is 3.87. The number of hydrogen-bond donors (Lipinski definition) is 1. The Morgan fingerprint density at radius 1 is 1.55 bits per heavy atom. The van der Waals surface area contributed by atoms with E-state index in [0.717, 1.165) is 17.0 Å². The van der Waals surface area contributed by atoms with Crippen LogP contribution in [-0.4, -0.2) is 24.6 Å². The molecule has 112 valence electrons. The van der Waals surface area contributed by atoms with Crippen molar-refractivity contribution in [1.29, 1.82) is 0 Å². The number of hydrogen-bond acceptors (Lipinski definition) is 3. The second-order valence-corrected chi connectivity index (χ2v) is 5.42. The molecule has 0 radical (unpaired) electrons. The Morgan fingerprint density at radius 2 is 2.25 bits per heavy atom. The molecular weight excluding hydrogens is 276 g/mol. The van der Waals surface area contributed by atoms with Crippen LogP contribution in [0, 0.1) is 6.92 Å². The van der Waals surface area contributed by atoms with E-state index in [2.05, 4.69) is 0 Å². The van der Waals surface area contributed by atoms with Gasteiger partial charge in [-0.2, -0.15) is 0 Å². The number of halogens is 1. The number of nitrogens with zero attached hydrogens (tertiary/aromatic N) is 1. The summed E-state index contributed by atoms with van der Waals surface area (Å²) in [5, 5.41) is 0. The molecule has 0 bridgehead atoms. The SMILES string of the molecule is Cc1ccc2c(c1)OC(C)CN2C(=O)CCC(C)N.Cl. The van der Waals surface area contributed by atoms with Crippen LogP contribution in [0.15, 0.2) is 18.2 Å². The van der Waals surface area contributed by atoms with Gasteiger partial charge in [-0.3, -0.25) is 4.79 Å². The van der Waals surface area contributed by atoms with Crippen molar-refractivity contribution in [1.82, 2.24) is 0 Å². The van der Waals surface area contributed by atoms with Crippen molar-refractivity contribution in [3.8, 4) is 5.75 Å². The van der Waals surface area contributed by atoms with E-state index in [1.165, 1.54) is 0 Å². The number of aryl methyl sites for hydroxylation is 1. The highest BCUT2D eigenvalue weighted by atomic mass is 35.5. The number of carbonyl (C=O) groups excluding carboxylic acids is 1. The molecule has 2 unspecified atom stereocenters. The first-order valence-electron chi connectivity index (χ1n) is 6.80. The van der Waals surface area contributed by atoms with Gasteiger partial charge in [-0.25, -0.2) is 0 Å². The summed E-state index contributed by atoms with van der Waals surface area (Å²) in [7, 11) is 0. The van der Waals surface area contributed by atoms with E-state index in [9.17, 15) is 4.79 Å². The Kier molecular flexibility index (Phi) is 5.84. The summed E-state index contributed by atoms with van der Waals surface area (Å²) < 4.78 is 5.80. The number of carbonyl (C=O) groups is 1. The number of amides is 1. The molecule has 0 saturated heterocycles. The number of fused-ring (bicyclic) bond motifs is 1. The summed E-state index contributed by atoms with van der Waals surface area (Å²) in [6, 6.07) is 6.00. The quantitative estimate of drug-likeness (QED) is 0.933. The van der Waals surface area contributed by atoms with Crippen LogP contribution in [-0.2, 0) is 4.79 Å². The highest BCUT2D eigenvalue weighted by Gasteiger charge is 2.27. The largest absolute Gasteiger partial charge is 0.487 e. The maximum absolute atomic E-state index is 12.3. The van der Waals surface area contributed by atoms with Crippen LogP contribution in [0.1, 0.15) is 32.3 Å². The van der Waals surface area contributed by atoms with Gasteiger partial charge in [-0.05, 0) is 44.9 Å². The second kappa shape index (κ2) is 6.95. The standard InChI is InChI=1S/C15H22N2O2.ClH/c1-10-4-6-13-14(8-10)19-12(3)9-17(13)15(18)7-5-11(2)16;/h4,6,8,11-12H,5,7,9,16H2,1-3H3;1H. The smallest absolute Gasteiger partial charge is 0.227 e. The van der Waals surface area contributed by atoms with Crippen LogP contribution in [0.5, 0.6) is 5.75 Å². The van der Waals surface area contributed by atoms with Crippen LogP contribution in [0.3, 0.4) is 0 Å². The number of ether oxygens (including phenoxy) is 1. The van der Waals surface area contributed by atoms with Crippen LogP contribution in [0.25, 0.3) is 0 Å². The van der Waals surface area contributed by atoms with E-state index in [0.29, 0.717) is 19.4 Å². The summed E-state index contributed by atoms with van der Waals surface area (Å²) >= 11 is 0. The molecule has 0 fully saturated rings. The van der Waals surface area contributed by atoms with Crippen LogP contribution >= 0.6 is 12.4 Å². The minimum absolute atomic E-state index is 0. The average molecular weight is 299 g/mol. The molecule has 0 aromatic heterocycles. The van der Waals surface area contributed by atoms with E-state index >= 15 is 0 Å². The maximum atomic E-state index is 12.3. The first-order chi connectivity index (χ1) is 8.97. The predicted octanol–water partition coefficient (Wildman–Crippen LogP) is 2.66. The van der Waals surface area contributed by atoms with Crippen molar-refractivity contribution < 1.29 is 9.53 Å². The number of anilines is 1. The molecule has 20 heavy (non-hydrogen) atoms. The van der Waals surface area contributed by atoms with Gasteiger partial charge in [0.25, 0.3) is 0 Å². The van der Waals surface area contributed by atoms with Gasteiger partial charge in [0.2, 0.25) is 5.91 Å². The summed E-state index contributed by atoms with van der Waals surface area (Å²) in [4.78, 5) is 14.1. The molecule has 5 heteroatoms. The van der Waals surface area contributed by atoms with Gasteiger partial charge in [0.05, 0.1) is 12.2 Å². The number of rotatable bonds is 3. The molecule has 1 aliphatic rings. The van der Waals surface area contributed by atoms with Gasteiger partial charge >= 0.3 is 0 Å². The Bertz CT molecular complexity index is 477. The molecule has 2 N–H and O–H groups in total. The molecule has 2 atom stereocenters. The van der Waals surface area contributed by atoms with Gasteiger partial charge in [-0.15, -0.1) is 12.4 Å². The lowest BCUT2D eigenvalue weighted by molar-refractivity contribution is -0.119. The minimum atomic E-state index is 0. The summed E-state index contributed by atoms with van der Waals surface area (Å²) in [5.74, 6) is 0.922. The van der Waals surface area contributed by atoms with Crippen LogP contribution < -0.4 is 15.4 Å². The number of benzene rings is 1. The zero-order valence-corrected chi connectivity index (χ0v) is 13.1. The third-order valence-electron chi connectivity index (χ3n) is 3.29. The Hall–Kier alpha value is -1.26. The lowest BCUT2D eigenvalue weighted by Crippen LogP contribution is -2.42. The van der Waals surface area contributed by atoms with Gasteiger partial charge in [0, 0.05) is 12.5 Å². The molecule has 0 spiro atoms. The highest BCUT2D eigenvalue weighted by Crippen LogP contribution is 2.34. The monoisotopic (exact) mass is 298 g/mol. The lowest BCUT2D eigenvalue weighted by Gasteiger charge is -2.33. The molecule has 1 aromatic carbocycles. The van der Waals surface area contributed by atoms with Gasteiger partial charge in [0.1, 0.15) is 11.9 Å². The molecule has 0 saturated carbocycles. The van der Waals surface area contributed by atoms with E-state index in [4.69, 9.17) is 10.5 Å².